The third-order valence-electron chi connectivity index (χ3n) is 2.34. The summed E-state index contributed by atoms with van der Waals surface area (Å²) < 4.78 is 5.70. The summed E-state index contributed by atoms with van der Waals surface area (Å²) in [4.78, 5) is 15.7. The summed E-state index contributed by atoms with van der Waals surface area (Å²) >= 11 is 10.4. The van der Waals surface area contributed by atoms with E-state index < -0.39 is 5.97 Å². The van der Waals surface area contributed by atoms with Crippen LogP contribution in [0.4, 0.5) is 0 Å². The van der Waals surface area contributed by atoms with Crippen molar-refractivity contribution in [3.05, 3.63) is 38.3 Å². The SMILES string of the molecule is COCc1nc(-c2ccc(Cl)c(Br)c2)sc1C(=O)O. The van der Waals surface area contributed by atoms with Gasteiger partial charge < -0.3 is 9.84 Å². The molecule has 1 aromatic heterocycles. The maximum atomic E-state index is 11.1. The zero-order chi connectivity index (χ0) is 14.0. The molecule has 0 radical (unpaired) electrons. The standard InChI is InChI=1S/C12H9BrClNO3S/c1-18-5-9-10(12(16)17)19-11(15-9)6-2-3-8(14)7(13)4-6/h2-4H,5H2,1H3,(H,16,17). The van der Waals surface area contributed by atoms with E-state index in [1.165, 1.54) is 7.11 Å². The van der Waals surface area contributed by atoms with Crippen LogP contribution in [0.3, 0.4) is 0 Å². The van der Waals surface area contributed by atoms with E-state index in [0.717, 1.165) is 21.4 Å². The first-order chi connectivity index (χ1) is 9.02. The molecule has 0 amide bonds. The van der Waals surface area contributed by atoms with Crippen LogP contribution in [0.1, 0.15) is 15.4 Å². The molecule has 7 heteroatoms. The molecule has 4 nitrogen and oxygen atoms in total. The molecule has 0 aliphatic rings. The van der Waals surface area contributed by atoms with Crippen molar-refractivity contribution >= 4 is 44.8 Å². The third-order valence-corrected chi connectivity index (χ3v) is 4.69. The van der Waals surface area contributed by atoms with E-state index >= 15 is 0 Å². The molecule has 1 heterocycles. The van der Waals surface area contributed by atoms with Gasteiger partial charge in [-0.1, -0.05) is 17.7 Å². The fraction of sp³-hybridized carbons (Fsp3) is 0.167. The zero-order valence-corrected chi connectivity index (χ0v) is 13.0. The molecule has 0 aliphatic carbocycles. The minimum atomic E-state index is -0.996. The Morgan fingerprint density at radius 2 is 2.32 bits per heavy atom. The molecule has 2 aromatic rings. The fourth-order valence-corrected chi connectivity index (χ4v) is 2.91. The van der Waals surface area contributed by atoms with Gasteiger partial charge in [-0.25, -0.2) is 9.78 Å². The van der Waals surface area contributed by atoms with E-state index in [0.29, 0.717) is 15.7 Å². The first-order valence-electron chi connectivity index (χ1n) is 5.20. The summed E-state index contributed by atoms with van der Waals surface area (Å²) in [6, 6.07) is 5.34. The van der Waals surface area contributed by atoms with Gasteiger partial charge in [0, 0.05) is 17.1 Å². The van der Waals surface area contributed by atoms with Gasteiger partial charge in [-0.2, -0.15) is 0 Å². The predicted octanol–water partition coefficient (Wildman–Crippen LogP) is 4.07. The van der Waals surface area contributed by atoms with Gasteiger partial charge in [0.15, 0.2) is 0 Å². The van der Waals surface area contributed by atoms with Crippen molar-refractivity contribution in [1.29, 1.82) is 0 Å². The predicted molar refractivity (Wildman–Crippen MR) is 77.9 cm³/mol. The maximum absolute atomic E-state index is 11.1. The van der Waals surface area contributed by atoms with Gasteiger partial charge in [0.05, 0.1) is 17.3 Å². The third kappa shape index (κ3) is 3.14. The van der Waals surface area contributed by atoms with Crippen LogP contribution in [0.2, 0.25) is 5.02 Å². The van der Waals surface area contributed by atoms with Crippen LogP contribution in [0.15, 0.2) is 22.7 Å². The Hall–Kier alpha value is -0.950. The number of hydrogen-bond acceptors (Lipinski definition) is 4. The molecule has 0 unspecified atom stereocenters. The lowest BCUT2D eigenvalue weighted by Gasteiger charge is -1.99. The topological polar surface area (TPSA) is 59.4 Å². The fourth-order valence-electron chi connectivity index (χ4n) is 1.51. The first kappa shape index (κ1) is 14.5. The number of hydrogen-bond donors (Lipinski definition) is 1. The van der Waals surface area contributed by atoms with Crippen LogP contribution >= 0.6 is 38.9 Å². The summed E-state index contributed by atoms with van der Waals surface area (Å²) in [5, 5.41) is 10.4. The average Bonchev–Trinajstić information content (AvgIpc) is 2.77. The first-order valence-corrected chi connectivity index (χ1v) is 7.19. The smallest absolute Gasteiger partial charge is 0.347 e. The molecule has 19 heavy (non-hydrogen) atoms. The normalized spacial score (nSPS) is 10.7. The highest BCUT2D eigenvalue weighted by Gasteiger charge is 2.18. The quantitative estimate of drug-likeness (QED) is 0.890. The molecule has 0 spiro atoms. The average molecular weight is 363 g/mol. The molecular weight excluding hydrogens is 354 g/mol. The Morgan fingerprint density at radius 1 is 1.58 bits per heavy atom. The molecule has 0 atom stereocenters. The van der Waals surface area contributed by atoms with Gasteiger partial charge in [0.1, 0.15) is 9.88 Å². The highest BCUT2D eigenvalue weighted by Crippen LogP contribution is 2.32. The molecule has 1 N–H and O–H groups in total. The van der Waals surface area contributed by atoms with Crippen molar-refractivity contribution < 1.29 is 14.6 Å². The van der Waals surface area contributed by atoms with E-state index in [-0.39, 0.29) is 11.5 Å². The van der Waals surface area contributed by atoms with Crippen molar-refractivity contribution in [2.75, 3.05) is 7.11 Å². The molecular formula is C12H9BrClNO3S. The van der Waals surface area contributed by atoms with Crippen molar-refractivity contribution in [3.8, 4) is 10.6 Å². The second kappa shape index (κ2) is 6.00. The number of methoxy groups -OCH3 is 1. The lowest BCUT2D eigenvalue weighted by Crippen LogP contribution is -1.99. The molecule has 1 aromatic carbocycles. The summed E-state index contributed by atoms with van der Waals surface area (Å²) in [6.45, 7) is 0.174. The summed E-state index contributed by atoms with van der Waals surface area (Å²) in [5.41, 5.74) is 1.24. The molecule has 0 saturated carbocycles. The number of aromatic nitrogens is 1. The van der Waals surface area contributed by atoms with Gasteiger partial charge in [-0.3, -0.25) is 0 Å². The van der Waals surface area contributed by atoms with Gasteiger partial charge in [-0.05, 0) is 28.1 Å². The van der Waals surface area contributed by atoms with Crippen LogP contribution in [0, 0.1) is 0 Å². The molecule has 0 aliphatic heterocycles. The van der Waals surface area contributed by atoms with Crippen molar-refractivity contribution in [1.82, 2.24) is 4.98 Å². The highest BCUT2D eigenvalue weighted by molar-refractivity contribution is 9.10. The Kier molecular flexibility index (Phi) is 4.57. The second-order valence-electron chi connectivity index (χ2n) is 3.66. The number of nitrogens with zero attached hydrogens (tertiary/aromatic N) is 1. The van der Waals surface area contributed by atoms with E-state index in [1.807, 2.05) is 6.07 Å². The van der Waals surface area contributed by atoms with Crippen molar-refractivity contribution in [2.45, 2.75) is 6.61 Å². The van der Waals surface area contributed by atoms with Gasteiger partial charge in [0.2, 0.25) is 0 Å². The summed E-state index contributed by atoms with van der Waals surface area (Å²) in [6.07, 6.45) is 0. The molecule has 2 rings (SSSR count). The molecule has 0 bridgehead atoms. The monoisotopic (exact) mass is 361 g/mol. The zero-order valence-electron chi connectivity index (χ0n) is 9.81. The van der Waals surface area contributed by atoms with Gasteiger partial charge >= 0.3 is 5.97 Å². The number of thiazole rings is 1. The van der Waals surface area contributed by atoms with E-state index in [4.69, 9.17) is 21.4 Å². The number of carboxylic acid groups (broad SMARTS) is 1. The number of aromatic carboxylic acids is 1. The Morgan fingerprint density at radius 3 is 2.89 bits per heavy atom. The van der Waals surface area contributed by atoms with Crippen LogP contribution in [0.5, 0.6) is 0 Å². The molecule has 100 valence electrons. The Bertz CT molecular complexity index is 629. The number of carbonyl (C=O) groups is 1. The number of ether oxygens (including phenoxy) is 1. The van der Waals surface area contributed by atoms with Crippen LogP contribution in [-0.4, -0.2) is 23.2 Å². The number of benzene rings is 1. The highest BCUT2D eigenvalue weighted by atomic mass is 79.9. The summed E-state index contributed by atoms with van der Waals surface area (Å²) in [5.74, 6) is -0.996. The Balaban J connectivity index is 2.47. The minimum Gasteiger partial charge on any atom is -0.477 e. The summed E-state index contributed by atoms with van der Waals surface area (Å²) in [7, 11) is 1.50. The van der Waals surface area contributed by atoms with Crippen LogP contribution < -0.4 is 0 Å². The van der Waals surface area contributed by atoms with E-state index in [1.54, 1.807) is 12.1 Å². The van der Waals surface area contributed by atoms with E-state index in [9.17, 15) is 4.79 Å². The lowest BCUT2D eigenvalue weighted by atomic mass is 10.2. The van der Waals surface area contributed by atoms with Crippen LogP contribution in [0.25, 0.3) is 10.6 Å². The van der Waals surface area contributed by atoms with Gasteiger partial charge in [-0.15, -0.1) is 11.3 Å². The van der Waals surface area contributed by atoms with Crippen molar-refractivity contribution in [2.24, 2.45) is 0 Å². The van der Waals surface area contributed by atoms with E-state index in [2.05, 4.69) is 20.9 Å². The maximum Gasteiger partial charge on any atom is 0.347 e. The van der Waals surface area contributed by atoms with Gasteiger partial charge in [0.25, 0.3) is 0 Å². The number of rotatable bonds is 4. The minimum absolute atomic E-state index is 0.174. The molecule has 0 saturated heterocycles. The van der Waals surface area contributed by atoms with Crippen LogP contribution in [-0.2, 0) is 11.3 Å². The number of carboxylic acids is 1. The largest absolute Gasteiger partial charge is 0.477 e. The Labute approximate surface area is 127 Å². The molecule has 0 fully saturated rings. The second-order valence-corrected chi connectivity index (χ2v) is 5.92. The number of halogens is 2. The lowest BCUT2D eigenvalue weighted by molar-refractivity contribution is 0.0697. The van der Waals surface area contributed by atoms with Crippen molar-refractivity contribution in [3.63, 3.8) is 0 Å².